The van der Waals surface area contributed by atoms with Crippen LogP contribution in [0.3, 0.4) is 0 Å². The lowest BCUT2D eigenvalue weighted by Crippen LogP contribution is -2.26. The van der Waals surface area contributed by atoms with Gasteiger partial charge in [0.1, 0.15) is 0 Å². The molecule has 5 nitrogen and oxygen atoms in total. The summed E-state index contributed by atoms with van der Waals surface area (Å²) >= 11 is 1.61. The van der Waals surface area contributed by atoms with E-state index in [-0.39, 0.29) is 6.61 Å². The van der Waals surface area contributed by atoms with Gasteiger partial charge in [0.25, 0.3) is 0 Å². The normalized spacial score (nSPS) is 11.2. The van der Waals surface area contributed by atoms with Crippen LogP contribution in [0, 0.1) is 0 Å². The number of thiazole rings is 1. The van der Waals surface area contributed by atoms with Crippen molar-refractivity contribution < 1.29 is 5.11 Å². The predicted octanol–water partition coefficient (Wildman–Crippen LogP) is 1.06. The minimum atomic E-state index is 0.205. The van der Waals surface area contributed by atoms with Crippen molar-refractivity contribution in [2.45, 2.75) is 19.9 Å². The summed E-state index contributed by atoms with van der Waals surface area (Å²) in [6, 6.07) is 0. The highest BCUT2D eigenvalue weighted by Crippen LogP contribution is 2.24. The van der Waals surface area contributed by atoms with E-state index in [0.29, 0.717) is 6.54 Å². The van der Waals surface area contributed by atoms with Crippen molar-refractivity contribution >= 4 is 22.1 Å². The van der Waals surface area contributed by atoms with Crippen molar-refractivity contribution in [3.05, 3.63) is 17.3 Å². The highest BCUT2D eigenvalue weighted by Gasteiger charge is 2.16. The zero-order valence-corrected chi connectivity index (χ0v) is 10.8. The predicted molar refractivity (Wildman–Crippen MR) is 70.6 cm³/mol. The second kappa shape index (κ2) is 5.48. The van der Waals surface area contributed by atoms with Gasteiger partial charge in [0, 0.05) is 37.8 Å². The number of fused-ring (bicyclic) bond motifs is 1. The molecule has 3 N–H and O–H groups in total. The highest BCUT2D eigenvalue weighted by molar-refractivity contribution is 7.15. The van der Waals surface area contributed by atoms with Crippen molar-refractivity contribution in [2.24, 2.45) is 5.73 Å². The smallest absolute Gasteiger partial charge is 0.195 e. The number of aliphatic hydroxyl groups excluding tert-OH is 1. The van der Waals surface area contributed by atoms with Gasteiger partial charge in [-0.05, 0) is 13.3 Å². The molecule has 0 bridgehead atoms. The average molecular weight is 254 g/mol. The van der Waals surface area contributed by atoms with E-state index in [0.717, 1.165) is 36.0 Å². The van der Waals surface area contributed by atoms with E-state index in [1.165, 1.54) is 0 Å². The first kappa shape index (κ1) is 12.3. The summed E-state index contributed by atoms with van der Waals surface area (Å²) in [5.41, 5.74) is 6.85. The first-order valence-corrected chi connectivity index (χ1v) is 6.70. The molecule has 2 heterocycles. The number of hydrogen-bond donors (Lipinski definition) is 2. The molecule has 0 amide bonds. The van der Waals surface area contributed by atoms with Gasteiger partial charge in [-0.1, -0.05) is 0 Å². The topological polar surface area (TPSA) is 66.8 Å². The number of nitrogens with zero attached hydrogens (tertiary/aromatic N) is 3. The molecule has 0 aromatic carbocycles. The largest absolute Gasteiger partial charge is 0.396 e. The Labute approximate surface area is 104 Å². The Bertz CT molecular complexity index is 479. The van der Waals surface area contributed by atoms with Crippen LogP contribution < -0.4 is 10.6 Å². The van der Waals surface area contributed by atoms with E-state index in [2.05, 4.69) is 16.8 Å². The van der Waals surface area contributed by atoms with Crippen molar-refractivity contribution in [1.82, 2.24) is 9.38 Å². The molecule has 2 rings (SSSR count). The number of anilines is 1. The van der Waals surface area contributed by atoms with E-state index < -0.39 is 0 Å². The molecular formula is C11H18N4OS. The van der Waals surface area contributed by atoms with E-state index in [9.17, 15) is 0 Å². The summed E-state index contributed by atoms with van der Waals surface area (Å²) in [4.78, 5) is 7.75. The van der Waals surface area contributed by atoms with Crippen molar-refractivity contribution in [1.29, 1.82) is 0 Å². The summed E-state index contributed by atoms with van der Waals surface area (Å²) in [6.45, 7) is 4.45. The Morgan fingerprint density at radius 2 is 2.41 bits per heavy atom. The zero-order valence-electron chi connectivity index (χ0n) is 9.96. The van der Waals surface area contributed by atoms with Crippen LogP contribution >= 0.6 is 11.3 Å². The molecule has 17 heavy (non-hydrogen) atoms. The summed E-state index contributed by atoms with van der Waals surface area (Å²) in [5, 5.41) is 10.9. The maximum absolute atomic E-state index is 8.91. The third-order valence-electron chi connectivity index (χ3n) is 2.80. The molecule has 0 aliphatic rings. The molecule has 0 atom stereocenters. The SMILES string of the molecule is CCN(CCCO)c1nc2sccn2c1CN. The van der Waals surface area contributed by atoms with Crippen molar-refractivity contribution in [2.75, 3.05) is 24.6 Å². The standard InChI is InChI=1S/C11H18N4OS/c1-2-14(4-3-6-16)10-9(8-12)15-5-7-17-11(15)13-10/h5,7,16H,2-4,6,8,12H2,1H3. The van der Waals surface area contributed by atoms with Crippen molar-refractivity contribution in [3.63, 3.8) is 0 Å². The number of imidazole rings is 1. The van der Waals surface area contributed by atoms with Crippen LogP contribution in [0.25, 0.3) is 4.96 Å². The average Bonchev–Trinajstić information content (AvgIpc) is 2.90. The number of aliphatic hydroxyl groups is 1. The summed E-state index contributed by atoms with van der Waals surface area (Å²) < 4.78 is 2.04. The second-order valence-electron chi connectivity index (χ2n) is 3.80. The minimum Gasteiger partial charge on any atom is -0.396 e. The van der Waals surface area contributed by atoms with Gasteiger partial charge in [0.2, 0.25) is 0 Å². The Balaban J connectivity index is 2.34. The van der Waals surface area contributed by atoms with Crippen LogP contribution in [0.15, 0.2) is 11.6 Å². The van der Waals surface area contributed by atoms with E-state index >= 15 is 0 Å². The van der Waals surface area contributed by atoms with Crippen LogP contribution in [0.2, 0.25) is 0 Å². The molecule has 0 unspecified atom stereocenters. The molecule has 6 heteroatoms. The number of hydrogen-bond acceptors (Lipinski definition) is 5. The van der Waals surface area contributed by atoms with Gasteiger partial charge in [-0.3, -0.25) is 4.40 Å². The van der Waals surface area contributed by atoms with Gasteiger partial charge >= 0.3 is 0 Å². The maximum atomic E-state index is 8.91. The Morgan fingerprint density at radius 1 is 1.59 bits per heavy atom. The Kier molecular flexibility index (Phi) is 3.98. The van der Waals surface area contributed by atoms with E-state index in [1.807, 2.05) is 16.0 Å². The number of aromatic nitrogens is 2. The summed E-state index contributed by atoms with van der Waals surface area (Å²) in [6.07, 6.45) is 2.75. The molecule has 0 fully saturated rings. The minimum absolute atomic E-state index is 0.205. The van der Waals surface area contributed by atoms with E-state index in [4.69, 9.17) is 10.8 Å². The lowest BCUT2D eigenvalue weighted by molar-refractivity contribution is 0.289. The maximum Gasteiger partial charge on any atom is 0.195 e. The molecule has 0 aliphatic carbocycles. The van der Waals surface area contributed by atoms with Gasteiger partial charge in [0.05, 0.1) is 5.69 Å². The first-order valence-electron chi connectivity index (χ1n) is 5.82. The molecule has 0 aliphatic heterocycles. The van der Waals surface area contributed by atoms with Gasteiger partial charge in [-0.15, -0.1) is 11.3 Å². The van der Waals surface area contributed by atoms with Crippen LogP contribution in [0.5, 0.6) is 0 Å². The van der Waals surface area contributed by atoms with Gasteiger partial charge in [0.15, 0.2) is 10.8 Å². The number of rotatable bonds is 6. The summed E-state index contributed by atoms with van der Waals surface area (Å²) in [7, 11) is 0. The van der Waals surface area contributed by atoms with Crippen LogP contribution in [-0.4, -0.2) is 34.2 Å². The van der Waals surface area contributed by atoms with Gasteiger partial charge in [-0.2, -0.15) is 0 Å². The van der Waals surface area contributed by atoms with Crippen LogP contribution in [0.1, 0.15) is 19.0 Å². The highest BCUT2D eigenvalue weighted by atomic mass is 32.1. The van der Waals surface area contributed by atoms with Gasteiger partial charge in [-0.25, -0.2) is 4.98 Å². The van der Waals surface area contributed by atoms with Crippen LogP contribution in [-0.2, 0) is 6.54 Å². The molecule has 0 radical (unpaired) electrons. The van der Waals surface area contributed by atoms with Gasteiger partial charge < -0.3 is 15.7 Å². The fourth-order valence-electron chi connectivity index (χ4n) is 1.94. The number of nitrogens with two attached hydrogens (primary N) is 1. The summed E-state index contributed by atoms with van der Waals surface area (Å²) in [5.74, 6) is 0.954. The first-order chi connectivity index (χ1) is 8.31. The lowest BCUT2D eigenvalue weighted by atomic mass is 10.3. The quantitative estimate of drug-likeness (QED) is 0.809. The fourth-order valence-corrected chi connectivity index (χ4v) is 2.67. The zero-order chi connectivity index (χ0) is 12.3. The van der Waals surface area contributed by atoms with E-state index in [1.54, 1.807) is 11.3 Å². The molecule has 0 saturated heterocycles. The van der Waals surface area contributed by atoms with Crippen LogP contribution in [0.4, 0.5) is 5.82 Å². The fraction of sp³-hybridized carbons (Fsp3) is 0.545. The lowest BCUT2D eigenvalue weighted by Gasteiger charge is -2.21. The molecule has 2 aromatic heterocycles. The molecule has 94 valence electrons. The monoisotopic (exact) mass is 254 g/mol. The Hall–Kier alpha value is -1.11. The third-order valence-corrected chi connectivity index (χ3v) is 3.56. The molecular weight excluding hydrogens is 236 g/mol. The Morgan fingerprint density at radius 3 is 3.06 bits per heavy atom. The molecule has 0 spiro atoms. The molecule has 0 saturated carbocycles. The van der Waals surface area contributed by atoms with Crippen molar-refractivity contribution in [3.8, 4) is 0 Å². The second-order valence-corrected chi connectivity index (χ2v) is 4.67. The third kappa shape index (κ3) is 2.29. The molecule has 2 aromatic rings.